The van der Waals surface area contributed by atoms with Crippen molar-refractivity contribution in [3.8, 4) is 0 Å². The molecule has 0 atom stereocenters. The number of nitro groups is 1. The lowest BCUT2D eigenvalue weighted by Gasteiger charge is -2.10. The van der Waals surface area contributed by atoms with Gasteiger partial charge in [-0.25, -0.2) is 8.42 Å². The van der Waals surface area contributed by atoms with Crippen molar-refractivity contribution in [2.24, 2.45) is 0 Å². The van der Waals surface area contributed by atoms with Crippen LogP contribution >= 0.6 is 0 Å². The Kier molecular flexibility index (Phi) is 2.12. The molecule has 0 unspecified atom stereocenters. The Morgan fingerprint density at radius 3 is 2.69 bits per heavy atom. The summed E-state index contributed by atoms with van der Waals surface area (Å²) in [6, 6.07) is 2.12. The third-order valence-electron chi connectivity index (χ3n) is 2.47. The number of anilines is 1. The fourth-order valence-corrected chi connectivity index (χ4v) is 2.97. The van der Waals surface area contributed by atoms with E-state index in [4.69, 9.17) is 0 Å². The highest BCUT2D eigenvalue weighted by Crippen LogP contribution is 2.39. The number of benzene rings is 1. The molecule has 2 rings (SSSR count). The summed E-state index contributed by atoms with van der Waals surface area (Å²) in [7, 11) is -2.31. The molecule has 0 bridgehead atoms. The molecule has 0 saturated carbocycles. The van der Waals surface area contributed by atoms with Crippen LogP contribution in [0.25, 0.3) is 0 Å². The molecule has 0 N–H and O–H groups in total. The molecule has 86 valence electrons. The predicted molar refractivity (Wildman–Crippen MR) is 54.1 cm³/mol. The van der Waals surface area contributed by atoms with E-state index in [1.54, 1.807) is 0 Å². The molecular formula is C8H7FN2O4S. The Labute approximate surface area is 90.5 Å². The molecule has 16 heavy (non-hydrogen) atoms. The number of hydrogen-bond acceptors (Lipinski definition) is 4. The molecule has 0 aromatic heterocycles. The van der Waals surface area contributed by atoms with Crippen LogP contribution in [-0.4, -0.2) is 20.4 Å². The van der Waals surface area contributed by atoms with Crippen LogP contribution in [0.15, 0.2) is 12.1 Å². The monoisotopic (exact) mass is 246 g/mol. The average Bonchev–Trinajstić information content (AvgIpc) is 2.37. The summed E-state index contributed by atoms with van der Waals surface area (Å²) in [4.78, 5) is 9.75. The van der Waals surface area contributed by atoms with E-state index < -0.39 is 32.2 Å². The minimum atomic E-state index is -3.59. The van der Waals surface area contributed by atoms with Gasteiger partial charge in [0, 0.05) is 7.05 Å². The lowest BCUT2D eigenvalue weighted by atomic mass is 10.1. The maximum atomic E-state index is 13.2. The Morgan fingerprint density at radius 2 is 2.12 bits per heavy atom. The van der Waals surface area contributed by atoms with E-state index in [1.165, 1.54) is 13.1 Å². The summed E-state index contributed by atoms with van der Waals surface area (Å²) in [5, 5.41) is 10.7. The van der Waals surface area contributed by atoms with E-state index in [-0.39, 0.29) is 11.3 Å². The second kappa shape index (κ2) is 3.14. The maximum Gasteiger partial charge on any atom is 0.311 e. The summed E-state index contributed by atoms with van der Waals surface area (Å²) >= 11 is 0. The Bertz CT molecular complexity index is 584. The van der Waals surface area contributed by atoms with E-state index >= 15 is 0 Å². The van der Waals surface area contributed by atoms with Crippen LogP contribution in [0.4, 0.5) is 15.8 Å². The van der Waals surface area contributed by atoms with Gasteiger partial charge >= 0.3 is 5.69 Å². The van der Waals surface area contributed by atoms with Crippen LogP contribution in [0.1, 0.15) is 5.56 Å². The van der Waals surface area contributed by atoms with Gasteiger partial charge in [0.1, 0.15) is 5.75 Å². The molecule has 0 saturated heterocycles. The van der Waals surface area contributed by atoms with Gasteiger partial charge in [0.15, 0.2) is 0 Å². The van der Waals surface area contributed by atoms with E-state index in [2.05, 4.69) is 0 Å². The van der Waals surface area contributed by atoms with Crippen molar-refractivity contribution >= 4 is 21.4 Å². The van der Waals surface area contributed by atoms with Gasteiger partial charge in [-0.15, -0.1) is 0 Å². The number of fused-ring (bicyclic) bond motifs is 1. The number of hydrogen-bond donors (Lipinski definition) is 0. The fourth-order valence-electron chi connectivity index (χ4n) is 1.66. The SMILES string of the molecule is CN1c2ccc(F)c([N+](=O)[O-])c2CS1(=O)=O. The Balaban J connectivity index is 2.76. The van der Waals surface area contributed by atoms with Crippen molar-refractivity contribution in [1.82, 2.24) is 0 Å². The third kappa shape index (κ3) is 1.33. The zero-order valence-electron chi connectivity index (χ0n) is 8.18. The minimum Gasteiger partial charge on any atom is -0.272 e. The molecule has 1 aromatic carbocycles. The van der Waals surface area contributed by atoms with Gasteiger partial charge in [0.2, 0.25) is 15.8 Å². The standard InChI is InChI=1S/C8H7FN2O4S/c1-10-7-3-2-6(9)8(11(12)13)5(7)4-16(10,14)15/h2-3H,4H2,1H3. The molecule has 1 heterocycles. The summed E-state index contributed by atoms with van der Waals surface area (Å²) in [5.41, 5.74) is -0.689. The third-order valence-corrected chi connectivity index (χ3v) is 4.16. The molecule has 0 aliphatic carbocycles. The minimum absolute atomic E-state index is 0.0903. The van der Waals surface area contributed by atoms with Gasteiger partial charge in [-0.1, -0.05) is 0 Å². The highest BCUT2D eigenvalue weighted by Gasteiger charge is 2.37. The highest BCUT2D eigenvalue weighted by molar-refractivity contribution is 7.92. The zero-order valence-corrected chi connectivity index (χ0v) is 8.99. The molecule has 0 radical (unpaired) electrons. The zero-order chi connectivity index (χ0) is 12.1. The van der Waals surface area contributed by atoms with Crippen molar-refractivity contribution in [2.75, 3.05) is 11.4 Å². The normalized spacial score (nSPS) is 17.2. The molecule has 6 nitrogen and oxygen atoms in total. The molecule has 0 spiro atoms. The predicted octanol–water partition coefficient (Wildman–Crippen LogP) is 1.01. The molecule has 0 amide bonds. The quantitative estimate of drug-likeness (QED) is 0.547. The van der Waals surface area contributed by atoms with E-state index in [0.717, 1.165) is 10.4 Å². The van der Waals surface area contributed by atoms with Crippen molar-refractivity contribution in [3.05, 3.63) is 33.6 Å². The van der Waals surface area contributed by atoms with Gasteiger partial charge in [0.05, 0.1) is 16.2 Å². The highest BCUT2D eigenvalue weighted by atomic mass is 32.2. The van der Waals surface area contributed by atoms with Crippen molar-refractivity contribution < 1.29 is 17.7 Å². The van der Waals surface area contributed by atoms with Crippen molar-refractivity contribution in [3.63, 3.8) is 0 Å². The first-order valence-corrected chi connectivity index (χ1v) is 5.88. The molecule has 1 aliphatic heterocycles. The summed E-state index contributed by atoms with van der Waals surface area (Å²) in [6.45, 7) is 0. The second-order valence-corrected chi connectivity index (χ2v) is 5.37. The summed E-state index contributed by atoms with van der Waals surface area (Å²) in [5.74, 6) is -1.55. The molecule has 0 fully saturated rings. The van der Waals surface area contributed by atoms with Gasteiger partial charge in [-0.05, 0) is 12.1 Å². The van der Waals surface area contributed by atoms with Crippen molar-refractivity contribution in [2.45, 2.75) is 5.75 Å². The first-order chi connectivity index (χ1) is 7.34. The van der Waals surface area contributed by atoms with Crippen LogP contribution in [0.5, 0.6) is 0 Å². The molecular weight excluding hydrogens is 239 g/mol. The number of nitrogens with zero attached hydrogens (tertiary/aromatic N) is 2. The van der Waals surface area contributed by atoms with Crippen LogP contribution in [0, 0.1) is 15.9 Å². The van der Waals surface area contributed by atoms with Crippen LogP contribution in [0.2, 0.25) is 0 Å². The Morgan fingerprint density at radius 1 is 1.50 bits per heavy atom. The van der Waals surface area contributed by atoms with Crippen LogP contribution in [0.3, 0.4) is 0 Å². The topological polar surface area (TPSA) is 80.5 Å². The molecule has 1 aliphatic rings. The van der Waals surface area contributed by atoms with Gasteiger partial charge in [-0.2, -0.15) is 4.39 Å². The molecule has 1 aromatic rings. The van der Waals surface area contributed by atoms with Crippen molar-refractivity contribution in [1.29, 1.82) is 0 Å². The second-order valence-electron chi connectivity index (χ2n) is 3.37. The largest absolute Gasteiger partial charge is 0.311 e. The number of halogens is 1. The van der Waals surface area contributed by atoms with E-state index in [0.29, 0.717) is 0 Å². The summed E-state index contributed by atoms with van der Waals surface area (Å²) < 4.78 is 37.1. The maximum absolute atomic E-state index is 13.2. The smallest absolute Gasteiger partial charge is 0.272 e. The number of sulfonamides is 1. The summed E-state index contributed by atoms with van der Waals surface area (Å²) in [6.07, 6.45) is 0. The Hall–Kier alpha value is -1.70. The lowest BCUT2D eigenvalue weighted by Crippen LogP contribution is -2.20. The molecule has 8 heteroatoms. The van der Waals surface area contributed by atoms with Gasteiger partial charge in [0.25, 0.3) is 0 Å². The lowest BCUT2D eigenvalue weighted by molar-refractivity contribution is -0.388. The van der Waals surface area contributed by atoms with Crippen LogP contribution in [-0.2, 0) is 15.8 Å². The van der Waals surface area contributed by atoms with Crippen LogP contribution < -0.4 is 4.31 Å². The first kappa shape index (κ1) is 10.8. The van der Waals surface area contributed by atoms with E-state index in [1.807, 2.05) is 0 Å². The first-order valence-electron chi connectivity index (χ1n) is 4.27. The number of nitro benzene ring substituents is 1. The van der Waals surface area contributed by atoms with E-state index in [9.17, 15) is 22.9 Å². The number of rotatable bonds is 1. The van der Waals surface area contributed by atoms with Gasteiger partial charge < -0.3 is 0 Å². The van der Waals surface area contributed by atoms with Gasteiger partial charge in [-0.3, -0.25) is 14.4 Å². The average molecular weight is 246 g/mol. The fraction of sp³-hybridized carbons (Fsp3) is 0.250.